The van der Waals surface area contributed by atoms with E-state index in [1.807, 2.05) is 12.1 Å². The van der Waals surface area contributed by atoms with Crippen LogP contribution < -0.4 is 10.6 Å². The first-order valence-corrected chi connectivity index (χ1v) is 5.17. The predicted molar refractivity (Wildman–Crippen MR) is 59.2 cm³/mol. The molecule has 0 atom stereocenters. The van der Waals surface area contributed by atoms with E-state index in [-0.39, 0.29) is 0 Å². The van der Waals surface area contributed by atoms with Crippen LogP contribution in [0.3, 0.4) is 0 Å². The van der Waals surface area contributed by atoms with Gasteiger partial charge in [-0.15, -0.1) is 0 Å². The van der Waals surface area contributed by atoms with E-state index in [0.29, 0.717) is 18.3 Å². The zero-order valence-electron chi connectivity index (χ0n) is 8.56. The quantitative estimate of drug-likeness (QED) is 0.804. The van der Waals surface area contributed by atoms with Crippen LogP contribution in [0.4, 0.5) is 11.6 Å². The van der Waals surface area contributed by atoms with E-state index in [2.05, 4.69) is 16.0 Å². The average Bonchev–Trinajstić information content (AvgIpc) is 3.03. The first-order chi connectivity index (χ1) is 7.31. The average molecular weight is 202 g/mol. The van der Waals surface area contributed by atoms with Crippen LogP contribution in [-0.2, 0) is 0 Å². The third kappa shape index (κ3) is 2.38. The van der Waals surface area contributed by atoms with Gasteiger partial charge in [0, 0.05) is 12.6 Å². The molecule has 0 bridgehead atoms. The Hall–Kier alpha value is -1.76. The molecule has 1 aromatic rings. The Kier molecular flexibility index (Phi) is 2.72. The maximum Gasteiger partial charge on any atom is 0.131 e. The van der Waals surface area contributed by atoms with Crippen molar-refractivity contribution in [3.8, 4) is 6.07 Å². The molecule has 2 rings (SSSR count). The molecule has 1 fully saturated rings. The lowest BCUT2D eigenvalue weighted by molar-refractivity contribution is 0.779. The summed E-state index contributed by atoms with van der Waals surface area (Å²) in [6.45, 7) is 0.748. The fourth-order valence-corrected chi connectivity index (χ4v) is 1.64. The Balaban J connectivity index is 2.13. The van der Waals surface area contributed by atoms with Crippen molar-refractivity contribution in [2.75, 3.05) is 17.2 Å². The molecule has 0 aliphatic heterocycles. The Labute approximate surface area is 89.3 Å². The minimum absolute atomic E-state index is 0.535. The van der Waals surface area contributed by atoms with Gasteiger partial charge in [-0.05, 0) is 25.0 Å². The van der Waals surface area contributed by atoms with Gasteiger partial charge in [-0.3, -0.25) is 0 Å². The van der Waals surface area contributed by atoms with Gasteiger partial charge in [0.05, 0.1) is 12.5 Å². The first-order valence-electron chi connectivity index (χ1n) is 5.17. The maximum atomic E-state index is 8.60. The topological polar surface area (TPSA) is 65.9 Å². The standard InChI is InChI=1S/C11H14N4/c12-7-2-8-15(9-5-6-9)11-4-1-3-10(13)14-11/h1,3-4,9H,2,5-6,8H2,(H2,13,14). The number of nitrogen functional groups attached to an aromatic ring is 1. The number of hydrogen-bond donors (Lipinski definition) is 1. The molecule has 1 aliphatic rings. The van der Waals surface area contributed by atoms with Gasteiger partial charge in [-0.25, -0.2) is 4.98 Å². The summed E-state index contributed by atoms with van der Waals surface area (Å²) in [6, 6.07) is 8.36. The van der Waals surface area contributed by atoms with E-state index >= 15 is 0 Å². The monoisotopic (exact) mass is 202 g/mol. The molecule has 1 aliphatic carbocycles. The number of hydrogen-bond acceptors (Lipinski definition) is 4. The zero-order chi connectivity index (χ0) is 10.7. The minimum atomic E-state index is 0.535. The van der Waals surface area contributed by atoms with Crippen molar-refractivity contribution in [1.29, 1.82) is 5.26 Å². The van der Waals surface area contributed by atoms with Crippen LogP contribution >= 0.6 is 0 Å². The molecule has 4 heteroatoms. The van der Waals surface area contributed by atoms with Crippen molar-refractivity contribution in [2.24, 2.45) is 0 Å². The lowest BCUT2D eigenvalue weighted by atomic mass is 10.3. The highest BCUT2D eigenvalue weighted by molar-refractivity contribution is 5.46. The fourth-order valence-electron chi connectivity index (χ4n) is 1.64. The fraction of sp³-hybridized carbons (Fsp3) is 0.455. The van der Waals surface area contributed by atoms with E-state index in [1.165, 1.54) is 12.8 Å². The first kappa shape index (κ1) is 9.78. The van der Waals surface area contributed by atoms with Crippen LogP contribution in [0.25, 0.3) is 0 Å². The molecule has 0 unspecified atom stereocenters. The van der Waals surface area contributed by atoms with E-state index in [9.17, 15) is 0 Å². The third-order valence-electron chi connectivity index (χ3n) is 2.50. The number of nitriles is 1. The summed E-state index contributed by atoms with van der Waals surface area (Å²) in [5, 5.41) is 8.60. The minimum Gasteiger partial charge on any atom is -0.384 e. The van der Waals surface area contributed by atoms with Crippen LogP contribution in [-0.4, -0.2) is 17.6 Å². The van der Waals surface area contributed by atoms with Crippen LogP contribution in [0, 0.1) is 11.3 Å². The van der Waals surface area contributed by atoms with Gasteiger partial charge in [0.1, 0.15) is 11.6 Å². The lowest BCUT2D eigenvalue weighted by Crippen LogP contribution is -2.27. The Morgan fingerprint density at radius 3 is 2.93 bits per heavy atom. The summed E-state index contributed by atoms with van der Waals surface area (Å²) < 4.78 is 0. The second-order valence-corrected chi connectivity index (χ2v) is 3.75. The highest BCUT2D eigenvalue weighted by Gasteiger charge is 2.29. The molecule has 78 valence electrons. The van der Waals surface area contributed by atoms with Gasteiger partial charge < -0.3 is 10.6 Å². The molecule has 0 radical (unpaired) electrons. The van der Waals surface area contributed by atoms with Crippen LogP contribution in [0.5, 0.6) is 0 Å². The summed E-state index contributed by atoms with van der Waals surface area (Å²) in [7, 11) is 0. The molecular formula is C11H14N4. The number of pyridine rings is 1. The van der Waals surface area contributed by atoms with Gasteiger partial charge in [0.2, 0.25) is 0 Å². The number of nitrogens with two attached hydrogens (primary N) is 1. The van der Waals surface area contributed by atoms with Gasteiger partial charge >= 0.3 is 0 Å². The van der Waals surface area contributed by atoms with E-state index in [4.69, 9.17) is 11.0 Å². The molecular weight excluding hydrogens is 188 g/mol. The number of aromatic nitrogens is 1. The Morgan fingerprint density at radius 1 is 1.53 bits per heavy atom. The second kappa shape index (κ2) is 4.18. The Morgan fingerprint density at radius 2 is 2.33 bits per heavy atom. The normalized spacial score (nSPS) is 14.6. The summed E-state index contributed by atoms with van der Waals surface area (Å²) in [4.78, 5) is 6.46. The van der Waals surface area contributed by atoms with Crippen molar-refractivity contribution < 1.29 is 0 Å². The molecule has 15 heavy (non-hydrogen) atoms. The molecule has 1 saturated carbocycles. The van der Waals surface area contributed by atoms with Crippen molar-refractivity contribution in [3.63, 3.8) is 0 Å². The molecule has 2 N–H and O–H groups in total. The van der Waals surface area contributed by atoms with E-state index < -0.39 is 0 Å². The third-order valence-corrected chi connectivity index (χ3v) is 2.50. The van der Waals surface area contributed by atoms with Crippen molar-refractivity contribution in [2.45, 2.75) is 25.3 Å². The molecule has 0 saturated heterocycles. The van der Waals surface area contributed by atoms with Gasteiger partial charge in [-0.1, -0.05) is 6.07 Å². The maximum absolute atomic E-state index is 8.60. The van der Waals surface area contributed by atoms with E-state index in [0.717, 1.165) is 12.4 Å². The summed E-state index contributed by atoms with van der Waals surface area (Å²) in [6.07, 6.45) is 2.93. The summed E-state index contributed by atoms with van der Waals surface area (Å²) in [5.74, 6) is 1.43. The van der Waals surface area contributed by atoms with Gasteiger partial charge in [-0.2, -0.15) is 5.26 Å². The number of nitrogens with zero attached hydrogens (tertiary/aromatic N) is 3. The highest BCUT2D eigenvalue weighted by Crippen LogP contribution is 2.30. The largest absolute Gasteiger partial charge is 0.384 e. The molecule has 0 amide bonds. The van der Waals surface area contributed by atoms with Crippen molar-refractivity contribution in [3.05, 3.63) is 18.2 Å². The van der Waals surface area contributed by atoms with Crippen LogP contribution in [0.1, 0.15) is 19.3 Å². The number of anilines is 2. The lowest BCUT2D eigenvalue weighted by Gasteiger charge is -2.22. The molecule has 0 spiro atoms. The zero-order valence-corrected chi connectivity index (χ0v) is 8.56. The second-order valence-electron chi connectivity index (χ2n) is 3.75. The van der Waals surface area contributed by atoms with Gasteiger partial charge in [0.25, 0.3) is 0 Å². The molecule has 1 heterocycles. The highest BCUT2D eigenvalue weighted by atomic mass is 15.2. The SMILES string of the molecule is N#CCCN(c1cccc(N)n1)C1CC1. The van der Waals surface area contributed by atoms with Crippen molar-refractivity contribution >= 4 is 11.6 Å². The molecule has 0 aromatic carbocycles. The molecule has 1 aromatic heterocycles. The predicted octanol–water partition coefficient (Wildman–Crippen LogP) is 1.55. The Bertz CT molecular complexity index is 378. The van der Waals surface area contributed by atoms with Crippen molar-refractivity contribution in [1.82, 2.24) is 4.98 Å². The van der Waals surface area contributed by atoms with Crippen LogP contribution in [0.2, 0.25) is 0 Å². The molecule has 4 nitrogen and oxygen atoms in total. The summed E-state index contributed by atoms with van der Waals surface area (Å²) in [5.41, 5.74) is 5.64. The number of rotatable bonds is 4. The van der Waals surface area contributed by atoms with E-state index in [1.54, 1.807) is 6.07 Å². The smallest absolute Gasteiger partial charge is 0.131 e. The van der Waals surface area contributed by atoms with Crippen LogP contribution in [0.15, 0.2) is 18.2 Å². The van der Waals surface area contributed by atoms with Gasteiger partial charge in [0.15, 0.2) is 0 Å². The summed E-state index contributed by atoms with van der Waals surface area (Å²) >= 11 is 0.